The minimum absolute atomic E-state index is 0. The fourth-order valence-electron chi connectivity index (χ4n) is 2.54. The minimum atomic E-state index is 0. The lowest BCUT2D eigenvalue weighted by Crippen LogP contribution is -1.93. The highest BCUT2D eigenvalue weighted by atomic mass is 127. The van der Waals surface area contributed by atoms with Crippen LogP contribution in [0.2, 0.25) is 0 Å². The van der Waals surface area contributed by atoms with E-state index in [1.807, 2.05) is 31.6 Å². The molecule has 3 heterocycles. The van der Waals surface area contributed by atoms with E-state index in [1.165, 1.54) is 0 Å². The number of hydrogen-bond donors (Lipinski definition) is 2. The van der Waals surface area contributed by atoms with E-state index < -0.39 is 0 Å². The van der Waals surface area contributed by atoms with Crippen molar-refractivity contribution < 1.29 is 0 Å². The van der Waals surface area contributed by atoms with Gasteiger partial charge in [0.2, 0.25) is 0 Å². The molecule has 112 valence electrons. The Labute approximate surface area is 146 Å². The first kappa shape index (κ1) is 15.1. The van der Waals surface area contributed by atoms with Crippen LogP contribution in [0.25, 0.3) is 27.8 Å². The number of nitrogens with one attached hydrogen (secondary N) is 2. The quantitative estimate of drug-likeness (QED) is 0.478. The van der Waals surface area contributed by atoms with E-state index in [9.17, 15) is 0 Å². The number of aromatic amines is 1. The first-order valence-electron chi connectivity index (χ1n) is 6.56. The monoisotopic (exact) mass is 425 g/mol. The molecule has 3 aromatic heterocycles. The zero-order valence-corrected chi connectivity index (χ0v) is 14.6. The second-order valence-electron chi connectivity index (χ2n) is 4.78. The van der Waals surface area contributed by atoms with Crippen molar-refractivity contribution in [3.63, 3.8) is 0 Å². The van der Waals surface area contributed by atoms with Gasteiger partial charge in [-0.3, -0.25) is 9.50 Å². The topological polar surface area (TPSA) is 58.0 Å². The van der Waals surface area contributed by atoms with Crippen molar-refractivity contribution in [3.05, 3.63) is 46.4 Å². The van der Waals surface area contributed by atoms with Crippen LogP contribution >= 0.6 is 35.0 Å². The van der Waals surface area contributed by atoms with Crippen LogP contribution in [0.3, 0.4) is 0 Å². The van der Waals surface area contributed by atoms with Crippen molar-refractivity contribution >= 4 is 57.2 Å². The fraction of sp³-hybridized carbons (Fsp3) is 0.0667. The second kappa shape index (κ2) is 5.77. The van der Waals surface area contributed by atoms with E-state index >= 15 is 0 Å². The van der Waals surface area contributed by atoms with Crippen LogP contribution in [0.5, 0.6) is 0 Å². The first-order chi connectivity index (χ1) is 10.3. The lowest BCUT2D eigenvalue weighted by molar-refractivity contribution is 1.09. The van der Waals surface area contributed by atoms with Crippen LogP contribution in [0.1, 0.15) is 0 Å². The molecule has 0 fully saturated rings. The number of aromatic nitrogens is 4. The number of nitrogens with zero attached hydrogens (tertiary/aromatic N) is 3. The standard InChI is InChI=1S/C15H12IN5.ClH/c1-17-9-5-6-13-18-7-12(21(13)8-9)10-3-2-4-11-14(10)19-20-15(11)16;/h2-8,17H,1H3,(H,19,20);1H. The molecule has 2 N–H and O–H groups in total. The number of H-pyrrole nitrogens is 1. The van der Waals surface area contributed by atoms with Gasteiger partial charge in [-0.05, 0) is 34.7 Å². The second-order valence-corrected chi connectivity index (χ2v) is 5.86. The van der Waals surface area contributed by atoms with Gasteiger partial charge in [-0.25, -0.2) is 4.98 Å². The molecule has 0 radical (unpaired) electrons. The molecular weight excluding hydrogens is 413 g/mol. The number of halogens is 2. The fourth-order valence-corrected chi connectivity index (χ4v) is 3.10. The number of hydrogen-bond acceptors (Lipinski definition) is 3. The summed E-state index contributed by atoms with van der Waals surface area (Å²) in [7, 11) is 1.91. The lowest BCUT2D eigenvalue weighted by Gasteiger charge is -2.05. The largest absolute Gasteiger partial charge is 0.387 e. The van der Waals surface area contributed by atoms with Gasteiger partial charge in [0.05, 0.1) is 17.6 Å². The Morgan fingerprint density at radius 2 is 2.09 bits per heavy atom. The highest BCUT2D eigenvalue weighted by Gasteiger charge is 2.13. The molecule has 0 atom stereocenters. The third-order valence-electron chi connectivity index (χ3n) is 3.61. The van der Waals surface area contributed by atoms with Crippen molar-refractivity contribution in [1.82, 2.24) is 19.6 Å². The zero-order valence-electron chi connectivity index (χ0n) is 11.7. The Balaban J connectivity index is 0.00000144. The van der Waals surface area contributed by atoms with Crippen LogP contribution in [-0.4, -0.2) is 26.6 Å². The summed E-state index contributed by atoms with van der Waals surface area (Å²) in [5.41, 5.74) is 5.05. The van der Waals surface area contributed by atoms with E-state index in [4.69, 9.17) is 0 Å². The molecule has 0 saturated carbocycles. The summed E-state index contributed by atoms with van der Waals surface area (Å²) in [6.45, 7) is 0. The number of anilines is 1. The van der Waals surface area contributed by atoms with Crippen molar-refractivity contribution in [2.75, 3.05) is 12.4 Å². The predicted molar refractivity (Wildman–Crippen MR) is 99.8 cm³/mol. The van der Waals surface area contributed by atoms with Crippen molar-refractivity contribution in [1.29, 1.82) is 0 Å². The van der Waals surface area contributed by atoms with Gasteiger partial charge in [-0.2, -0.15) is 5.10 Å². The molecule has 4 rings (SSSR count). The van der Waals surface area contributed by atoms with Crippen molar-refractivity contribution in [2.24, 2.45) is 0 Å². The number of pyridine rings is 1. The van der Waals surface area contributed by atoms with Crippen molar-refractivity contribution in [2.45, 2.75) is 0 Å². The molecule has 22 heavy (non-hydrogen) atoms. The third kappa shape index (κ3) is 2.22. The molecule has 0 unspecified atom stereocenters. The van der Waals surface area contributed by atoms with Crippen LogP contribution in [0.15, 0.2) is 42.7 Å². The molecule has 0 saturated heterocycles. The molecule has 0 bridgehead atoms. The average molecular weight is 426 g/mol. The molecule has 5 nitrogen and oxygen atoms in total. The summed E-state index contributed by atoms with van der Waals surface area (Å²) in [4.78, 5) is 4.48. The van der Waals surface area contributed by atoms with E-state index in [1.54, 1.807) is 0 Å². The van der Waals surface area contributed by atoms with Crippen LogP contribution in [0.4, 0.5) is 5.69 Å². The van der Waals surface area contributed by atoms with Gasteiger partial charge in [0.15, 0.2) is 0 Å². The third-order valence-corrected chi connectivity index (χ3v) is 4.43. The average Bonchev–Trinajstić information content (AvgIpc) is 3.10. The molecule has 1 aromatic carbocycles. The minimum Gasteiger partial charge on any atom is -0.387 e. The number of benzene rings is 1. The van der Waals surface area contributed by atoms with E-state index in [0.29, 0.717) is 0 Å². The first-order valence-corrected chi connectivity index (χ1v) is 7.63. The van der Waals surface area contributed by atoms with Gasteiger partial charge in [0, 0.05) is 24.2 Å². The Hall–Kier alpha value is -1.80. The van der Waals surface area contributed by atoms with Gasteiger partial charge in [0.25, 0.3) is 0 Å². The smallest absolute Gasteiger partial charge is 0.137 e. The summed E-state index contributed by atoms with van der Waals surface area (Å²) < 4.78 is 3.14. The highest BCUT2D eigenvalue weighted by molar-refractivity contribution is 14.1. The van der Waals surface area contributed by atoms with Gasteiger partial charge >= 0.3 is 0 Å². The van der Waals surface area contributed by atoms with Gasteiger partial charge in [0.1, 0.15) is 14.9 Å². The van der Waals surface area contributed by atoms with Crippen molar-refractivity contribution in [3.8, 4) is 11.3 Å². The van der Waals surface area contributed by atoms with E-state index in [0.717, 1.165) is 37.2 Å². The molecule has 0 amide bonds. The summed E-state index contributed by atoms with van der Waals surface area (Å²) >= 11 is 2.27. The SMILES string of the molecule is CNc1ccc2ncc(-c3cccc4c(I)[nH]nc34)n2c1.Cl. The van der Waals surface area contributed by atoms with E-state index in [2.05, 4.69) is 65.7 Å². The van der Waals surface area contributed by atoms with Gasteiger partial charge in [-0.15, -0.1) is 12.4 Å². The van der Waals surface area contributed by atoms with Crippen LogP contribution in [-0.2, 0) is 0 Å². The summed E-state index contributed by atoms with van der Waals surface area (Å²) in [5.74, 6) is 0. The maximum Gasteiger partial charge on any atom is 0.137 e. The number of para-hydroxylation sites is 1. The lowest BCUT2D eigenvalue weighted by atomic mass is 10.1. The Kier molecular flexibility index (Phi) is 3.96. The summed E-state index contributed by atoms with van der Waals surface area (Å²) in [6.07, 6.45) is 3.94. The number of rotatable bonds is 2. The maximum atomic E-state index is 4.48. The molecule has 0 aliphatic rings. The molecular formula is C15H13ClIN5. The summed E-state index contributed by atoms with van der Waals surface area (Å²) in [5, 5.41) is 11.8. The zero-order chi connectivity index (χ0) is 14.4. The molecule has 0 spiro atoms. The molecule has 4 aromatic rings. The predicted octanol–water partition coefficient (Wildman–Crippen LogP) is 3.95. The number of fused-ring (bicyclic) bond motifs is 2. The van der Waals surface area contributed by atoms with E-state index in [-0.39, 0.29) is 12.4 Å². The Bertz CT molecular complexity index is 959. The van der Waals surface area contributed by atoms with Gasteiger partial charge < -0.3 is 5.32 Å². The Morgan fingerprint density at radius 3 is 2.91 bits per heavy atom. The highest BCUT2D eigenvalue weighted by Crippen LogP contribution is 2.30. The molecule has 7 heteroatoms. The summed E-state index contributed by atoms with van der Waals surface area (Å²) in [6, 6.07) is 10.2. The Morgan fingerprint density at radius 1 is 1.23 bits per heavy atom. The molecule has 0 aliphatic heterocycles. The number of imidazole rings is 1. The van der Waals surface area contributed by atoms with Crippen LogP contribution < -0.4 is 5.32 Å². The normalized spacial score (nSPS) is 10.8. The molecule has 0 aliphatic carbocycles. The van der Waals surface area contributed by atoms with Crippen LogP contribution in [0, 0.1) is 3.70 Å². The van der Waals surface area contributed by atoms with Gasteiger partial charge in [-0.1, -0.05) is 18.2 Å². The maximum absolute atomic E-state index is 4.48.